The summed E-state index contributed by atoms with van der Waals surface area (Å²) in [5.74, 6) is 0.897. The van der Waals surface area contributed by atoms with E-state index in [1.54, 1.807) is 0 Å². The standard InChI is InChI=1S/C41H53N5O4/c1-8-30-16-15-29(21-35(30)43-39(47)26-49-7)25-50-36-20-17-33(31-11-9-10-12-32(36)22-31)24-42-28(3)40(48)44-38-23-37(41(4,5)6)45-46(38)34-18-13-27(2)14-19-34/h9-16,18-19,21-23,28,31,33,36,42H,8,17,20,24-26H2,1-7H3,(H,43,47)(H,44,48). The molecule has 0 saturated heterocycles. The van der Waals surface area contributed by atoms with E-state index in [4.69, 9.17) is 14.6 Å². The summed E-state index contributed by atoms with van der Waals surface area (Å²) in [6.07, 6.45) is 13.5. The first-order valence-corrected chi connectivity index (χ1v) is 17.8. The molecule has 0 saturated carbocycles. The molecule has 4 unspecified atom stereocenters. The Bertz CT molecular complexity index is 1730. The lowest BCUT2D eigenvalue weighted by Crippen LogP contribution is -2.41. The van der Waals surface area contributed by atoms with Gasteiger partial charge in [-0.05, 0) is 86.4 Å². The first-order chi connectivity index (χ1) is 23.9. The number of hydrogen-bond donors (Lipinski definition) is 3. The molecule has 266 valence electrons. The molecule has 3 aromatic rings. The maximum absolute atomic E-state index is 13.5. The number of benzene rings is 2. The number of nitrogens with one attached hydrogen (secondary N) is 3. The molecule has 5 rings (SSSR count). The van der Waals surface area contributed by atoms with Crippen molar-refractivity contribution in [1.82, 2.24) is 15.1 Å². The number of amides is 2. The van der Waals surface area contributed by atoms with Crippen molar-refractivity contribution in [2.45, 2.75) is 85.0 Å². The van der Waals surface area contributed by atoms with Gasteiger partial charge in [0.2, 0.25) is 11.8 Å². The van der Waals surface area contributed by atoms with Gasteiger partial charge in [-0.25, -0.2) is 4.68 Å². The maximum Gasteiger partial charge on any atom is 0.250 e. The minimum atomic E-state index is -0.411. The fourth-order valence-corrected chi connectivity index (χ4v) is 6.37. The minimum Gasteiger partial charge on any atom is -0.375 e. The normalized spacial score (nSPS) is 19.3. The zero-order valence-electron chi connectivity index (χ0n) is 30.6. The Labute approximate surface area is 297 Å². The van der Waals surface area contributed by atoms with E-state index in [2.05, 4.69) is 105 Å². The van der Waals surface area contributed by atoms with E-state index in [0.717, 1.165) is 47.5 Å². The lowest BCUT2D eigenvalue weighted by molar-refractivity contribution is -0.119. The number of aryl methyl sites for hydroxylation is 2. The van der Waals surface area contributed by atoms with Crippen LogP contribution < -0.4 is 16.0 Å². The number of hydrogen-bond acceptors (Lipinski definition) is 6. The molecule has 0 aliphatic heterocycles. The molecular weight excluding hydrogens is 626 g/mol. The molecule has 0 spiro atoms. The first-order valence-electron chi connectivity index (χ1n) is 17.8. The van der Waals surface area contributed by atoms with E-state index >= 15 is 0 Å². The number of nitrogens with zero attached hydrogens (tertiary/aromatic N) is 2. The van der Waals surface area contributed by atoms with Crippen LogP contribution in [-0.2, 0) is 37.5 Å². The summed E-state index contributed by atoms with van der Waals surface area (Å²) >= 11 is 0. The Balaban J connectivity index is 1.21. The van der Waals surface area contributed by atoms with Crippen molar-refractivity contribution in [2.75, 3.05) is 30.9 Å². The zero-order valence-corrected chi connectivity index (χ0v) is 30.6. The van der Waals surface area contributed by atoms with Gasteiger partial charge in [-0.3, -0.25) is 9.59 Å². The molecule has 9 nitrogen and oxygen atoms in total. The highest BCUT2D eigenvalue weighted by Gasteiger charge is 2.29. The van der Waals surface area contributed by atoms with Crippen LogP contribution >= 0.6 is 0 Å². The number of anilines is 2. The van der Waals surface area contributed by atoms with Crippen LogP contribution in [0.1, 0.15) is 69.8 Å². The third-order valence-corrected chi connectivity index (χ3v) is 9.48. The van der Waals surface area contributed by atoms with Crippen LogP contribution in [0.15, 0.2) is 84.5 Å². The van der Waals surface area contributed by atoms with E-state index in [1.165, 1.54) is 18.2 Å². The minimum absolute atomic E-state index is 0.0130. The van der Waals surface area contributed by atoms with Crippen molar-refractivity contribution in [2.24, 2.45) is 11.8 Å². The highest BCUT2D eigenvalue weighted by atomic mass is 16.5. The van der Waals surface area contributed by atoms with Gasteiger partial charge in [0.25, 0.3) is 0 Å². The summed E-state index contributed by atoms with van der Waals surface area (Å²) in [6.45, 7) is 13.5. The van der Waals surface area contributed by atoms with Crippen molar-refractivity contribution < 1.29 is 19.1 Å². The Morgan fingerprint density at radius 3 is 2.54 bits per heavy atom. The van der Waals surface area contributed by atoms with E-state index in [9.17, 15) is 9.59 Å². The largest absolute Gasteiger partial charge is 0.375 e. The monoisotopic (exact) mass is 679 g/mol. The second-order valence-electron chi connectivity index (χ2n) is 14.5. The van der Waals surface area contributed by atoms with Crippen molar-refractivity contribution >= 4 is 23.3 Å². The molecule has 1 heterocycles. The summed E-state index contributed by atoms with van der Waals surface area (Å²) < 4.78 is 13.4. The van der Waals surface area contributed by atoms with E-state index in [0.29, 0.717) is 24.9 Å². The van der Waals surface area contributed by atoms with Gasteiger partial charge in [-0.2, -0.15) is 5.10 Å². The third kappa shape index (κ3) is 9.47. The number of allylic oxidation sites excluding steroid dienone is 4. The average Bonchev–Trinajstić information content (AvgIpc) is 3.26. The fraction of sp³-hybridized carbons (Fsp3) is 0.439. The Morgan fingerprint density at radius 2 is 1.82 bits per heavy atom. The fourth-order valence-electron chi connectivity index (χ4n) is 6.37. The molecule has 2 amide bonds. The molecule has 2 bridgehead atoms. The lowest BCUT2D eigenvalue weighted by Gasteiger charge is -2.24. The van der Waals surface area contributed by atoms with Gasteiger partial charge < -0.3 is 25.4 Å². The molecule has 2 aromatic carbocycles. The number of methoxy groups -OCH3 is 1. The number of carbonyl (C=O) groups excluding carboxylic acids is 2. The molecular formula is C41H53N5O4. The summed E-state index contributed by atoms with van der Waals surface area (Å²) in [7, 11) is 1.51. The van der Waals surface area contributed by atoms with Gasteiger partial charge in [0.05, 0.1) is 30.1 Å². The summed E-state index contributed by atoms with van der Waals surface area (Å²) in [4.78, 5) is 25.8. The van der Waals surface area contributed by atoms with Crippen LogP contribution in [0.25, 0.3) is 5.69 Å². The topological polar surface area (TPSA) is 107 Å². The van der Waals surface area contributed by atoms with Crippen LogP contribution in [0, 0.1) is 18.8 Å². The van der Waals surface area contributed by atoms with E-state index in [-0.39, 0.29) is 35.9 Å². The quantitative estimate of drug-likeness (QED) is 0.176. The summed E-state index contributed by atoms with van der Waals surface area (Å²) in [5, 5.41) is 14.5. The molecule has 50 heavy (non-hydrogen) atoms. The van der Waals surface area contributed by atoms with Gasteiger partial charge in [0.15, 0.2) is 0 Å². The highest BCUT2D eigenvalue weighted by molar-refractivity contribution is 5.94. The lowest BCUT2D eigenvalue weighted by atomic mass is 9.89. The van der Waals surface area contributed by atoms with Crippen molar-refractivity contribution in [3.63, 3.8) is 0 Å². The molecule has 4 atom stereocenters. The predicted octanol–water partition coefficient (Wildman–Crippen LogP) is 7.21. The number of ether oxygens (including phenoxy) is 2. The first kappa shape index (κ1) is 37.0. The Kier molecular flexibility index (Phi) is 12.3. The summed E-state index contributed by atoms with van der Waals surface area (Å²) in [5.41, 5.74) is 6.86. The SMILES string of the molecule is CCc1ccc(COC2CCC(CNC(C)C(=O)Nc3cc(C(C)(C)C)nn3-c3ccc(C)cc3)C3C=CC=CC2=C3)cc1NC(=O)COC. The van der Waals surface area contributed by atoms with E-state index in [1.807, 2.05) is 35.9 Å². The van der Waals surface area contributed by atoms with Crippen LogP contribution in [0.5, 0.6) is 0 Å². The van der Waals surface area contributed by atoms with Crippen LogP contribution in [0.4, 0.5) is 11.5 Å². The second-order valence-corrected chi connectivity index (χ2v) is 14.5. The number of rotatable bonds is 13. The second kappa shape index (κ2) is 16.6. The number of fused-ring (bicyclic) bond motifs is 1. The van der Waals surface area contributed by atoms with Gasteiger partial charge >= 0.3 is 0 Å². The molecule has 1 aromatic heterocycles. The summed E-state index contributed by atoms with van der Waals surface area (Å²) in [6, 6.07) is 15.8. The van der Waals surface area contributed by atoms with Crippen molar-refractivity contribution in [3.05, 3.63) is 107 Å². The molecule has 9 heteroatoms. The van der Waals surface area contributed by atoms with Gasteiger partial charge in [-0.1, -0.05) is 87.9 Å². The Morgan fingerprint density at radius 1 is 1.04 bits per heavy atom. The van der Waals surface area contributed by atoms with Gasteiger partial charge in [0, 0.05) is 24.3 Å². The molecule has 0 radical (unpaired) electrons. The Hall–Kier alpha value is -4.31. The molecule has 0 fully saturated rings. The van der Waals surface area contributed by atoms with Crippen LogP contribution in [0.3, 0.4) is 0 Å². The third-order valence-electron chi connectivity index (χ3n) is 9.48. The number of carbonyl (C=O) groups is 2. The molecule has 2 aliphatic carbocycles. The molecule has 3 N–H and O–H groups in total. The highest BCUT2D eigenvalue weighted by Crippen LogP contribution is 2.33. The smallest absolute Gasteiger partial charge is 0.250 e. The van der Waals surface area contributed by atoms with Gasteiger partial charge in [0.1, 0.15) is 12.4 Å². The van der Waals surface area contributed by atoms with Gasteiger partial charge in [-0.15, -0.1) is 0 Å². The van der Waals surface area contributed by atoms with Crippen LogP contribution in [0.2, 0.25) is 0 Å². The predicted molar refractivity (Wildman–Crippen MR) is 201 cm³/mol. The zero-order chi connectivity index (χ0) is 35.8. The van der Waals surface area contributed by atoms with Crippen molar-refractivity contribution in [3.8, 4) is 5.69 Å². The number of aromatic nitrogens is 2. The molecule has 2 aliphatic rings. The van der Waals surface area contributed by atoms with Crippen molar-refractivity contribution in [1.29, 1.82) is 0 Å². The maximum atomic E-state index is 13.5. The average molecular weight is 680 g/mol. The van der Waals surface area contributed by atoms with Crippen LogP contribution in [-0.4, -0.2) is 54.0 Å². The van der Waals surface area contributed by atoms with E-state index < -0.39 is 6.04 Å².